The zero-order valence-electron chi connectivity index (χ0n) is 8.26. The van der Waals surface area contributed by atoms with Gasteiger partial charge in [0.1, 0.15) is 0 Å². The Kier molecular flexibility index (Phi) is 4.80. The molecular weight excluding hydrogens is 337 g/mol. The van der Waals surface area contributed by atoms with Crippen LogP contribution in [0.4, 0.5) is 57.5 Å². The fourth-order valence-electron chi connectivity index (χ4n) is 0.616. The average molecular weight is 337 g/mol. The molecule has 0 aromatic heterocycles. The average Bonchev–Trinajstić information content (AvgIpc) is 2.26. The van der Waals surface area contributed by atoms with Crippen LogP contribution >= 0.6 is 0 Å². The van der Waals surface area contributed by atoms with Crippen LogP contribution < -0.4 is 0 Å². The molecule has 0 aliphatic carbocycles. The number of halogens is 13. The summed E-state index contributed by atoms with van der Waals surface area (Å²) < 4.78 is 155. The van der Waals surface area contributed by atoms with Gasteiger partial charge >= 0.3 is 24.2 Å². The van der Waals surface area contributed by atoms with Crippen molar-refractivity contribution in [1.29, 1.82) is 0 Å². The Morgan fingerprint density at radius 1 is 0.400 bits per heavy atom. The first kappa shape index (κ1) is 19.0. The summed E-state index contributed by atoms with van der Waals surface area (Å²) in [5.41, 5.74) is 0. The molecule has 0 rings (SSSR count). The number of hydrogen-bond acceptors (Lipinski definition) is 3. The van der Waals surface area contributed by atoms with Gasteiger partial charge in [0.05, 0.1) is 10.7 Å². The summed E-state index contributed by atoms with van der Waals surface area (Å²) in [5.74, 6) is 0. The van der Waals surface area contributed by atoms with Crippen molar-refractivity contribution in [3.05, 3.63) is 0 Å². The first-order chi connectivity index (χ1) is 8.54. The maximum atomic E-state index is 12.3. The largest absolute Gasteiger partial charge is 0.436 e. The van der Waals surface area contributed by atoms with Crippen molar-refractivity contribution in [1.82, 2.24) is 15.8 Å². The van der Waals surface area contributed by atoms with E-state index in [1.807, 2.05) is 0 Å². The Morgan fingerprint density at radius 3 is 0.750 bits per heavy atom. The van der Waals surface area contributed by atoms with Gasteiger partial charge < -0.3 is 0 Å². The molecular formula is C4F13N3. The van der Waals surface area contributed by atoms with Gasteiger partial charge in [-0.1, -0.05) is 17.9 Å². The number of nitrogens with zero attached hydrogens (tertiary/aromatic N) is 3. The number of hydrogen-bond donors (Lipinski definition) is 0. The topological polar surface area (TPSA) is 9.72 Å². The van der Waals surface area contributed by atoms with Crippen LogP contribution in [0.25, 0.3) is 0 Å². The van der Waals surface area contributed by atoms with Crippen LogP contribution in [-0.4, -0.2) is 40.0 Å². The van der Waals surface area contributed by atoms with E-state index in [1.165, 1.54) is 0 Å². The normalized spacial score (nSPS) is 15.6. The molecule has 122 valence electrons. The van der Waals surface area contributed by atoms with Crippen molar-refractivity contribution in [2.24, 2.45) is 0 Å². The van der Waals surface area contributed by atoms with Gasteiger partial charge in [0.25, 0.3) is 0 Å². The van der Waals surface area contributed by atoms with Crippen molar-refractivity contribution in [3.63, 3.8) is 0 Å². The Morgan fingerprint density at radius 2 is 0.600 bits per heavy atom. The highest BCUT2D eigenvalue weighted by molar-refractivity contribution is 4.86. The van der Waals surface area contributed by atoms with Gasteiger partial charge in [0, 0.05) is 0 Å². The summed E-state index contributed by atoms with van der Waals surface area (Å²) in [4.78, 5) is 0. The van der Waals surface area contributed by atoms with Gasteiger partial charge in [-0.15, -0.1) is 4.48 Å². The van der Waals surface area contributed by atoms with Gasteiger partial charge in [0.15, 0.2) is 0 Å². The summed E-state index contributed by atoms with van der Waals surface area (Å²) >= 11 is 0. The fourth-order valence-corrected chi connectivity index (χ4v) is 0.616. The van der Waals surface area contributed by atoms with Crippen LogP contribution in [0.1, 0.15) is 0 Å². The highest BCUT2D eigenvalue weighted by Crippen LogP contribution is 2.50. The van der Waals surface area contributed by atoms with Gasteiger partial charge in [-0.25, -0.2) is 0 Å². The Labute approximate surface area is 98.9 Å². The van der Waals surface area contributed by atoms with Crippen LogP contribution in [0.3, 0.4) is 0 Å². The van der Waals surface area contributed by atoms with Crippen LogP contribution in [0.5, 0.6) is 0 Å². The minimum atomic E-state index is -7.28. The van der Waals surface area contributed by atoms with Gasteiger partial charge in [-0.2, -0.15) is 35.1 Å². The lowest BCUT2D eigenvalue weighted by Crippen LogP contribution is -2.66. The molecule has 0 atom stereocenters. The van der Waals surface area contributed by atoms with E-state index in [9.17, 15) is 57.5 Å². The van der Waals surface area contributed by atoms with Gasteiger partial charge in [0.2, 0.25) is 0 Å². The molecule has 0 aromatic rings. The highest BCUT2D eigenvalue weighted by atomic mass is 19.4. The van der Waals surface area contributed by atoms with Crippen molar-refractivity contribution in [2.45, 2.75) is 24.2 Å². The van der Waals surface area contributed by atoms with Crippen LogP contribution in [0.2, 0.25) is 0 Å². The predicted octanol–water partition coefficient (Wildman–Crippen LogP) is 3.69. The van der Waals surface area contributed by atoms with Crippen molar-refractivity contribution >= 4 is 0 Å². The zero-order chi connectivity index (χ0) is 16.7. The summed E-state index contributed by atoms with van der Waals surface area (Å²) in [7, 11) is 0. The fraction of sp³-hybridized carbons (Fsp3) is 1.00. The third-order valence-electron chi connectivity index (χ3n) is 1.64. The minimum absolute atomic E-state index is 3.77. The third kappa shape index (κ3) is 2.58. The lowest BCUT2D eigenvalue weighted by molar-refractivity contribution is -0.519. The summed E-state index contributed by atoms with van der Waals surface area (Å²) in [6, 6.07) is -28.6. The van der Waals surface area contributed by atoms with E-state index in [4.69, 9.17) is 0 Å². The van der Waals surface area contributed by atoms with E-state index in [-0.39, 0.29) is 0 Å². The molecule has 0 aromatic carbocycles. The second kappa shape index (κ2) is 5.06. The molecule has 0 amide bonds. The van der Waals surface area contributed by atoms with Crippen molar-refractivity contribution < 1.29 is 57.5 Å². The molecule has 0 saturated heterocycles. The van der Waals surface area contributed by atoms with Crippen molar-refractivity contribution in [3.8, 4) is 0 Å². The quantitative estimate of drug-likeness (QED) is 0.416. The maximum absolute atomic E-state index is 12.3. The molecule has 3 nitrogen and oxygen atoms in total. The summed E-state index contributed by atoms with van der Waals surface area (Å²) in [5, 5.41) is -11.6. The van der Waals surface area contributed by atoms with Gasteiger partial charge in [-0.3, -0.25) is 0 Å². The van der Waals surface area contributed by atoms with Crippen LogP contribution in [0.15, 0.2) is 0 Å². The lowest BCUT2D eigenvalue weighted by Gasteiger charge is -2.35. The smallest absolute Gasteiger partial charge is 0.176 e. The minimum Gasteiger partial charge on any atom is -0.176 e. The van der Waals surface area contributed by atoms with Crippen molar-refractivity contribution in [2.75, 3.05) is 0 Å². The molecule has 0 spiro atoms. The van der Waals surface area contributed by atoms with E-state index in [1.54, 1.807) is 0 Å². The van der Waals surface area contributed by atoms with E-state index in [2.05, 4.69) is 0 Å². The Balaban J connectivity index is 5.70. The molecule has 0 bridgehead atoms. The Hall–Kier alpha value is -1.03. The Bertz CT molecular complexity index is 307. The molecule has 0 fully saturated rings. The number of alkyl halides is 8. The first-order valence-corrected chi connectivity index (χ1v) is 3.75. The molecule has 0 radical (unpaired) electrons. The molecule has 0 heterocycles. The second-order valence-electron chi connectivity index (χ2n) is 2.91. The molecule has 20 heavy (non-hydrogen) atoms. The molecule has 0 saturated carbocycles. The highest BCUT2D eigenvalue weighted by Gasteiger charge is 2.79. The third-order valence-corrected chi connectivity index (χ3v) is 1.64. The lowest BCUT2D eigenvalue weighted by atomic mass is 10.3. The van der Waals surface area contributed by atoms with E-state index >= 15 is 0 Å². The SMILES string of the molecule is FN(F)C(F)(F)C(F)(F)N(F)C(F)(F)C(F)(F)N(F)F. The van der Waals surface area contributed by atoms with E-state index < -0.39 is 40.0 Å². The van der Waals surface area contributed by atoms with Crippen LogP contribution in [0, 0.1) is 0 Å². The molecule has 0 aliphatic rings. The molecule has 0 N–H and O–H groups in total. The zero-order valence-corrected chi connectivity index (χ0v) is 8.26. The maximum Gasteiger partial charge on any atom is 0.436 e. The van der Waals surface area contributed by atoms with E-state index in [0.29, 0.717) is 0 Å². The summed E-state index contributed by atoms with van der Waals surface area (Å²) in [6.45, 7) is 0. The van der Waals surface area contributed by atoms with Crippen LogP contribution in [-0.2, 0) is 0 Å². The van der Waals surface area contributed by atoms with E-state index in [0.717, 1.165) is 0 Å². The molecule has 0 unspecified atom stereocenters. The number of rotatable bonds is 6. The standard InChI is InChI=1S/C4F13N3/c5-1(6,3(9,10)19(14)15)18(13)2(7,8)4(11,12)20(16)17. The second-order valence-corrected chi connectivity index (χ2v) is 2.91. The molecule has 16 heteroatoms. The summed E-state index contributed by atoms with van der Waals surface area (Å²) in [6.07, 6.45) is 0. The monoisotopic (exact) mass is 337 g/mol. The first-order valence-electron chi connectivity index (χ1n) is 3.75. The van der Waals surface area contributed by atoms with Gasteiger partial charge in [-0.05, 0) is 5.12 Å². The molecule has 0 aliphatic heterocycles. The predicted molar refractivity (Wildman–Crippen MR) is 30.8 cm³/mol.